The van der Waals surface area contributed by atoms with Crippen molar-refractivity contribution in [3.8, 4) is 0 Å². The molecule has 1 aromatic rings. The minimum absolute atomic E-state index is 0.144. The highest BCUT2D eigenvalue weighted by Crippen LogP contribution is 2.13. The Morgan fingerprint density at radius 3 is 2.33 bits per heavy atom. The van der Waals surface area contributed by atoms with Crippen LogP contribution in [-0.4, -0.2) is 38.0 Å². The molecule has 0 heterocycles. The first-order valence-electron chi connectivity index (χ1n) is 6.64. The van der Waals surface area contributed by atoms with Crippen LogP contribution in [0.3, 0.4) is 0 Å². The predicted molar refractivity (Wildman–Crippen MR) is 84.6 cm³/mol. The molecule has 118 valence electrons. The standard InChI is InChI=1S/C14H21ClN2O3S/c1-11(2)8-16-14(18)10-17(21(3,19)20)9-12-4-6-13(15)7-5-12/h4-7,11H,8-10H2,1-3H3,(H,16,18). The summed E-state index contributed by atoms with van der Waals surface area (Å²) in [7, 11) is -3.47. The molecule has 1 aromatic carbocycles. The zero-order valence-corrected chi connectivity index (χ0v) is 14.0. The van der Waals surface area contributed by atoms with E-state index in [1.54, 1.807) is 24.3 Å². The lowest BCUT2D eigenvalue weighted by atomic mass is 10.2. The maximum Gasteiger partial charge on any atom is 0.235 e. The highest BCUT2D eigenvalue weighted by Gasteiger charge is 2.20. The van der Waals surface area contributed by atoms with Crippen LogP contribution in [0.5, 0.6) is 0 Å². The Hall–Kier alpha value is -1.11. The van der Waals surface area contributed by atoms with Crippen molar-refractivity contribution in [2.45, 2.75) is 20.4 Å². The lowest BCUT2D eigenvalue weighted by Crippen LogP contribution is -2.40. The van der Waals surface area contributed by atoms with E-state index in [4.69, 9.17) is 11.6 Å². The molecule has 5 nitrogen and oxygen atoms in total. The van der Waals surface area contributed by atoms with Crippen LogP contribution in [0.1, 0.15) is 19.4 Å². The summed E-state index contributed by atoms with van der Waals surface area (Å²) in [6.07, 6.45) is 1.10. The normalized spacial score (nSPS) is 11.9. The SMILES string of the molecule is CC(C)CNC(=O)CN(Cc1ccc(Cl)cc1)S(C)(=O)=O. The van der Waals surface area contributed by atoms with Crippen molar-refractivity contribution in [1.29, 1.82) is 0 Å². The van der Waals surface area contributed by atoms with Crippen LogP contribution in [0.4, 0.5) is 0 Å². The first-order valence-corrected chi connectivity index (χ1v) is 8.87. The number of nitrogens with one attached hydrogen (secondary N) is 1. The van der Waals surface area contributed by atoms with Crippen molar-refractivity contribution in [2.24, 2.45) is 5.92 Å². The molecule has 0 saturated heterocycles. The molecule has 0 fully saturated rings. The van der Waals surface area contributed by atoms with Crippen LogP contribution in [0.15, 0.2) is 24.3 Å². The summed E-state index contributed by atoms with van der Waals surface area (Å²) in [5, 5.41) is 3.30. The molecule has 0 aliphatic rings. The summed E-state index contributed by atoms with van der Waals surface area (Å²) >= 11 is 5.80. The van der Waals surface area contributed by atoms with Crippen molar-refractivity contribution in [2.75, 3.05) is 19.3 Å². The van der Waals surface area contributed by atoms with Crippen molar-refractivity contribution in [3.63, 3.8) is 0 Å². The summed E-state index contributed by atoms with van der Waals surface area (Å²) < 4.78 is 24.7. The molecule has 0 spiro atoms. The van der Waals surface area contributed by atoms with Gasteiger partial charge >= 0.3 is 0 Å². The minimum Gasteiger partial charge on any atom is -0.355 e. The van der Waals surface area contributed by atoms with E-state index >= 15 is 0 Å². The highest BCUT2D eigenvalue weighted by atomic mass is 35.5. The Kier molecular flexibility index (Phi) is 6.64. The maximum absolute atomic E-state index is 11.8. The smallest absolute Gasteiger partial charge is 0.235 e. The number of rotatable bonds is 7. The molecule has 0 unspecified atom stereocenters. The highest BCUT2D eigenvalue weighted by molar-refractivity contribution is 7.88. The van der Waals surface area contributed by atoms with Gasteiger partial charge in [0.25, 0.3) is 0 Å². The molecule has 7 heteroatoms. The third-order valence-corrected chi connectivity index (χ3v) is 4.22. The minimum atomic E-state index is -3.47. The van der Waals surface area contributed by atoms with E-state index in [1.165, 1.54) is 0 Å². The maximum atomic E-state index is 11.8. The number of nitrogens with zero attached hydrogens (tertiary/aromatic N) is 1. The Balaban J connectivity index is 2.73. The Labute approximate surface area is 131 Å². The molecular weight excluding hydrogens is 312 g/mol. The average Bonchev–Trinajstić information content (AvgIpc) is 2.37. The van der Waals surface area contributed by atoms with Gasteiger partial charge in [0.2, 0.25) is 15.9 Å². The van der Waals surface area contributed by atoms with E-state index in [1.807, 2.05) is 13.8 Å². The Bertz CT molecular complexity index is 570. The molecular formula is C14H21ClN2O3S. The lowest BCUT2D eigenvalue weighted by molar-refractivity contribution is -0.121. The summed E-state index contributed by atoms with van der Waals surface area (Å²) in [6, 6.07) is 6.87. The number of carbonyl (C=O) groups is 1. The van der Waals surface area contributed by atoms with E-state index in [9.17, 15) is 13.2 Å². The quantitative estimate of drug-likeness (QED) is 0.829. The van der Waals surface area contributed by atoms with E-state index in [0.717, 1.165) is 16.1 Å². The molecule has 1 N–H and O–H groups in total. The second-order valence-electron chi connectivity index (χ2n) is 5.36. The molecule has 0 saturated carbocycles. The Morgan fingerprint density at radius 1 is 1.29 bits per heavy atom. The topological polar surface area (TPSA) is 66.5 Å². The van der Waals surface area contributed by atoms with Gasteiger partial charge in [0, 0.05) is 18.1 Å². The summed E-state index contributed by atoms with van der Waals surface area (Å²) in [5.74, 6) is 0.0139. The van der Waals surface area contributed by atoms with Gasteiger partial charge in [-0.2, -0.15) is 4.31 Å². The van der Waals surface area contributed by atoms with Gasteiger partial charge in [0.1, 0.15) is 0 Å². The van der Waals surface area contributed by atoms with Crippen molar-refractivity contribution in [1.82, 2.24) is 9.62 Å². The first kappa shape index (κ1) is 17.9. The van der Waals surface area contributed by atoms with Crippen LogP contribution >= 0.6 is 11.6 Å². The van der Waals surface area contributed by atoms with Crippen molar-refractivity contribution < 1.29 is 13.2 Å². The van der Waals surface area contributed by atoms with E-state index in [2.05, 4.69) is 5.32 Å². The molecule has 0 radical (unpaired) electrons. The van der Waals surface area contributed by atoms with Gasteiger partial charge in [-0.15, -0.1) is 0 Å². The number of amides is 1. The number of benzene rings is 1. The third-order valence-electron chi connectivity index (χ3n) is 2.77. The third kappa shape index (κ3) is 6.93. The zero-order valence-electron chi connectivity index (χ0n) is 12.5. The van der Waals surface area contributed by atoms with Crippen molar-refractivity contribution in [3.05, 3.63) is 34.9 Å². The van der Waals surface area contributed by atoms with E-state index in [-0.39, 0.29) is 19.0 Å². The fraction of sp³-hybridized carbons (Fsp3) is 0.500. The van der Waals surface area contributed by atoms with Crippen LogP contribution in [0, 0.1) is 5.92 Å². The van der Waals surface area contributed by atoms with Crippen LogP contribution in [-0.2, 0) is 21.4 Å². The largest absolute Gasteiger partial charge is 0.355 e. The zero-order chi connectivity index (χ0) is 16.0. The van der Waals surface area contributed by atoms with Gasteiger partial charge < -0.3 is 5.32 Å². The Morgan fingerprint density at radius 2 is 1.86 bits per heavy atom. The van der Waals surface area contributed by atoms with Crippen LogP contribution in [0.25, 0.3) is 0 Å². The van der Waals surface area contributed by atoms with Gasteiger partial charge in [-0.3, -0.25) is 4.79 Å². The summed E-state index contributed by atoms with van der Waals surface area (Å²) in [4.78, 5) is 11.8. The second kappa shape index (κ2) is 7.77. The summed E-state index contributed by atoms with van der Waals surface area (Å²) in [6.45, 7) is 4.43. The van der Waals surface area contributed by atoms with Gasteiger partial charge in [-0.05, 0) is 23.6 Å². The van der Waals surface area contributed by atoms with Gasteiger partial charge in [0.15, 0.2) is 0 Å². The van der Waals surface area contributed by atoms with Gasteiger partial charge in [-0.25, -0.2) is 8.42 Å². The fourth-order valence-electron chi connectivity index (χ4n) is 1.62. The molecule has 21 heavy (non-hydrogen) atoms. The molecule has 1 amide bonds. The molecule has 0 aliphatic carbocycles. The van der Waals surface area contributed by atoms with Gasteiger partial charge in [-0.1, -0.05) is 37.6 Å². The number of hydrogen-bond acceptors (Lipinski definition) is 3. The molecule has 0 bridgehead atoms. The van der Waals surface area contributed by atoms with Gasteiger partial charge in [0.05, 0.1) is 12.8 Å². The molecule has 0 aromatic heterocycles. The lowest BCUT2D eigenvalue weighted by Gasteiger charge is -2.20. The van der Waals surface area contributed by atoms with Crippen molar-refractivity contribution >= 4 is 27.5 Å². The van der Waals surface area contributed by atoms with E-state index in [0.29, 0.717) is 17.5 Å². The number of hydrogen-bond donors (Lipinski definition) is 1. The monoisotopic (exact) mass is 332 g/mol. The first-order chi connectivity index (χ1) is 9.68. The number of halogens is 1. The number of sulfonamides is 1. The van der Waals surface area contributed by atoms with E-state index < -0.39 is 10.0 Å². The second-order valence-corrected chi connectivity index (χ2v) is 7.77. The average molecular weight is 333 g/mol. The molecule has 1 rings (SSSR count). The molecule has 0 atom stereocenters. The molecule has 0 aliphatic heterocycles. The fourth-order valence-corrected chi connectivity index (χ4v) is 2.48. The van der Waals surface area contributed by atoms with Crippen LogP contribution < -0.4 is 5.32 Å². The predicted octanol–water partition coefficient (Wildman–Crippen LogP) is 1.87. The van der Waals surface area contributed by atoms with Crippen LogP contribution in [0.2, 0.25) is 5.02 Å². The number of carbonyl (C=O) groups excluding carboxylic acids is 1. The summed E-state index contributed by atoms with van der Waals surface area (Å²) in [5.41, 5.74) is 0.779.